The van der Waals surface area contributed by atoms with Crippen LogP contribution >= 0.6 is 11.8 Å². The van der Waals surface area contributed by atoms with Crippen LogP contribution in [0, 0.1) is 0 Å². The van der Waals surface area contributed by atoms with E-state index in [1.165, 1.54) is 23.4 Å². The first-order valence-corrected chi connectivity index (χ1v) is 7.35. The molecule has 3 rings (SSSR count). The van der Waals surface area contributed by atoms with Crippen molar-refractivity contribution >= 4 is 11.8 Å². The van der Waals surface area contributed by atoms with Crippen molar-refractivity contribution in [1.82, 2.24) is 15.0 Å². The molecule has 2 aromatic rings. The first kappa shape index (κ1) is 11.7. The minimum absolute atomic E-state index is 0.466. The molecule has 0 saturated heterocycles. The van der Waals surface area contributed by atoms with Crippen LogP contribution in [0.25, 0.3) is 5.69 Å². The monoisotopic (exact) mass is 260 g/mol. The van der Waals surface area contributed by atoms with Gasteiger partial charge in [0, 0.05) is 17.4 Å². The summed E-state index contributed by atoms with van der Waals surface area (Å²) in [5, 5.41) is 8.48. The number of thioether (sulfide) groups is 1. The largest absolute Gasteiger partial charge is 0.325 e. The quantitative estimate of drug-likeness (QED) is 0.857. The van der Waals surface area contributed by atoms with E-state index in [-0.39, 0.29) is 0 Å². The predicted molar refractivity (Wildman–Crippen MR) is 73.0 cm³/mol. The molecule has 1 aromatic carbocycles. The highest BCUT2D eigenvalue weighted by Crippen LogP contribution is 2.41. The molecule has 0 aliphatic heterocycles. The molecule has 0 spiro atoms. The van der Waals surface area contributed by atoms with E-state index in [4.69, 9.17) is 5.73 Å². The SMILES string of the molecule is CSc1cccc(-n2nnc(CN)c2C2CC2)c1. The number of rotatable bonds is 4. The van der Waals surface area contributed by atoms with E-state index in [1.807, 2.05) is 4.68 Å². The van der Waals surface area contributed by atoms with Crippen LogP contribution in [0.2, 0.25) is 0 Å². The number of nitrogens with zero attached hydrogens (tertiary/aromatic N) is 3. The highest BCUT2D eigenvalue weighted by Gasteiger charge is 2.31. The van der Waals surface area contributed by atoms with Gasteiger partial charge >= 0.3 is 0 Å². The number of aromatic nitrogens is 3. The Labute approximate surface area is 111 Å². The van der Waals surface area contributed by atoms with Gasteiger partial charge in [-0.15, -0.1) is 16.9 Å². The van der Waals surface area contributed by atoms with Gasteiger partial charge in [0.1, 0.15) is 5.69 Å². The van der Waals surface area contributed by atoms with Crippen LogP contribution in [0.1, 0.15) is 30.1 Å². The highest BCUT2D eigenvalue weighted by atomic mass is 32.2. The lowest BCUT2D eigenvalue weighted by molar-refractivity contribution is 0.762. The van der Waals surface area contributed by atoms with Gasteiger partial charge in [-0.3, -0.25) is 0 Å². The molecule has 94 valence electrons. The summed E-state index contributed by atoms with van der Waals surface area (Å²) in [7, 11) is 0. The Kier molecular flexibility index (Phi) is 3.09. The second kappa shape index (κ2) is 4.74. The van der Waals surface area contributed by atoms with Gasteiger partial charge in [-0.2, -0.15) is 0 Å². The molecule has 4 nitrogen and oxygen atoms in total. The van der Waals surface area contributed by atoms with Gasteiger partial charge < -0.3 is 5.73 Å². The van der Waals surface area contributed by atoms with Crippen molar-refractivity contribution in [3.05, 3.63) is 35.7 Å². The number of benzene rings is 1. The standard InChI is InChI=1S/C13H16N4S/c1-18-11-4-2-3-10(7-11)17-13(9-5-6-9)12(8-14)15-16-17/h2-4,7,9H,5-6,8,14H2,1H3. The molecule has 1 aliphatic rings. The molecule has 1 aromatic heterocycles. The molecule has 1 fully saturated rings. The molecule has 2 N–H and O–H groups in total. The Morgan fingerprint density at radius 1 is 1.44 bits per heavy atom. The third-order valence-electron chi connectivity index (χ3n) is 3.23. The fourth-order valence-electron chi connectivity index (χ4n) is 2.16. The number of hydrogen-bond donors (Lipinski definition) is 1. The van der Waals surface area contributed by atoms with Crippen molar-refractivity contribution in [1.29, 1.82) is 0 Å². The maximum atomic E-state index is 5.74. The second-order valence-electron chi connectivity index (χ2n) is 4.51. The topological polar surface area (TPSA) is 56.7 Å². The lowest BCUT2D eigenvalue weighted by Gasteiger charge is -2.07. The molecule has 0 unspecified atom stereocenters. The van der Waals surface area contributed by atoms with Crippen LogP contribution < -0.4 is 5.73 Å². The zero-order chi connectivity index (χ0) is 12.5. The lowest BCUT2D eigenvalue weighted by Crippen LogP contribution is -2.05. The molecule has 0 atom stereocenters. The predicted octanol–water partition coefficient (Wildman–Crippen LogP) is 2.33. The summed E-state index contributed by atoms with van der Waals surface area (Å²) in [6, 6.07) is 8.37. The molecule has 1 saturated carbocycles. The van der Waals surface area contributed by atoms with Gasteiger partial charge in [0.25, 0.3) is 0 Å². The first-order valence-electron chi connectivity index (χ1n) is 6.12. The second-order valence-corrected chi connectivity index (χ2v) is 5.39. The Morgan fingerprint density at radius 3 is 2.94 bits per heavy atom. The van der Waals surface area contributed by atoms with Crippen molar-refractivity contribution in [2.24, 2.45) is 5.73 Å². The van der Waals surface area contributed by atoms with Crippen LogP contribution in [0.4, 0.5) is 0 Å². The van der Waals surface area contributed by atoms with Gasteiger partial charge in [0.15, 0.2) is 0 Å². The van der Waals surface area contributed by atoms with Crippen LogP contribution in [-0.4, -0.2) is 21.2 Å². The summed E-state index contributed by atoms with van der Waals surface area (Å²) in [6.07, 6.45) is 4.53. The van der Waals surface area contributed by atoms with E-state index >= 15 is 0 Å². The van der Waals surface area contributed by atoms with E-state index in [2.05, 4.69) is 40.8 Å². The average molecular weight is 260 g/mol. The molecule has 5 heteroatoms. The van der Waals surface area contributed by atoms with Gasteiger partial charge in [-0.25, -0.2) is 4.68 Å². The van der Waals surface area contributed by atoms with Crippen LogP contribution in [0.3, 0.4) is 0 Å². The Balaban J connectivity index is 2.07. The molecular formula is C13H16N4S. The molecule has 0 bridgehead atoms. The fourth-order valence-corrected chi connectivity index (χ4v) is 2.62. The first-order chi connectivity index (χ1) is 8.83. The van der Waals surface area contributed by atoms with E-state index in [0.717, 1.165) is 11.4 Å². The van der Waals surface area contributed by atoms with E-state index < -0.39 is 0 Å². The summed E-state index contributed by atoms with van der Waals surface area (Å²) in [5.74, 6) is 0.594. The molecule has 0 radical (unpaired) electrons. The summed E-state index contributed by atoms with van der Waals surface area (Å²) < 4.78 is 1.96. The normalized spacial score (nSPS) is 15.0. The Hall–Kier alpha value is -1.33. The van der Waals surface area contributed by atoms with Crippen molar-refractivity contribution < 1.29 is 0 Å². The van der Waals surface area contributed by atoms with Crippen molar-refractivity contribution in [3.63, 3.8) is 0 Å². The summed E-state index contributed by atoms with van der Waals surface area (Å²) >= 11 is 1.73. The smallest absolute Gasteiger partial charge is 0.100 e. The minimum Gasteiger partial charge on any atom is -0.325 e. The van der Waals surface area contributed by atoms with E-state index in [9.17, 15) is 0 Å². The summed E-state index contributed by atoms with van der Waals surface area (Å²) in [4.78, 5) is 1.24. The fraction of sp³-hybridized carbons (Fsp3) is 0.385. The maximum Gasteiger partial charge on any atom is 0.100 e. The van der Waals surface area contributed by atoms with Gasteiger partial charge in [-0.05, 0) is 37.3 Å². The van der Waals surface area contributed by atoms with Crippen LogP contribution in [0.5, 0.6) is 0 Å². The van der Waals surface area contributed by atoms with Gasteiger partial charge in [0.05, 0.1) is 11.4 Å². The lowest BCUT2D eigenvalue weighted by atomic mass is 10.2. The molecular weight excluding hydrogens is 244 g/mol. The number of nitrogens with two attached hydrogens (primary N) is 1. The van der Waals surface area contributed by atoms with E-state index in [0.29, 0.717) is 12.5 Å². The minimum atomic E-state index is 0.466. The number of hydrogen-bond acceptors (Lipinski definition) is 4. The highest BCUT2D eigenvalue weighted by molar-refractivity contribution is 7.98. The van der Waals surface area contributed by atoms with Crippen LogP contribution in [-0.2, 0) is 6.54 Å². The summed E-state index contributed by atoms with van der Waals surface area (Å²) in [6.45, 7) is 0.466. The van der Waals surface area contributed by atoms with Crippen molar-refractivity contribution in [2.75, 3.05) is 6.26 Å². The molecule has 0 amide bonds. The van der Waals surface area contributed by atoms with E-state index in [1.54, 1.807) is 11.8 Å². The van der Waals surface area contributed by atoms with Crippen molar-refractivity contribution in [2.45, 2.75) is 30.2 Å². The molecule has 1 heterocycles. The Bertz CT molecular complexity index is 560. The van der Waals surface area contributed by atoms with Crippen molar-refractivity contribution in [3.8, 4) is 5.69 Å². The molecule has 18 heavy (non-hydrogen) atoms. The molecule has 1 aliphatic carbocycles. The van der Waals surface area contributed by atoms with Gasteiger partial charge in [0.2, 0.25) is 0 Å². The van der Waals surface area contributed by atoms with Crippen LogP contribution in [0.15, 0.2) is 29.2 Å². The zero-order valence-corrected chi connectivity index (χ0v) is 11.2. The maximum absolute atomic E-state index is 5.74. The summed E-state index contributed by atoms with van der Waals surface area (Å²) in [5.41, 5.74) is 8.96. The third-order valence-corrected chi connectivity index (χ3v) is 3.96. The van der Waals surface area contributed by atoms with Gasteiger partial charge in [-0.1, -0.05) is 11.3 Å². The average Bonchev–Trinajstić information content (AvgIpc) is 3.17. The Morgan fingerprint density at radius 2 is 2.28 bits per heavy atom. The zero-order valence-electron chi connectivity index (χ0n) is 10.3. The third kappa shape index (κ3) is 2.04.